The van der Waals surface area contributed by atoms with Crippen molar-refractivity contribution in [3.05, 3.63) is 0 Å². The highest BCUT2D eigenvalue weighted by Crippen LogP contribution is 2.68. The molecule has 0 aromatic carbocycles. The van der Waals surface area contributed by atoms with Crippen LogP contribution in [0.1, 0.15) is 144 Å². The van der Waals surface area contributed by atoms with Crippen LogP contribution in [0.3, 0.4) is 0 Å². The van der Waals surface area contributed by atoms with E-state index in [0.29, 0.717) is 16.2 Å². The van der Waals surface area contributed by atoms with Crippen LogP contribution in [0.15, 0.2) is 0 Å². The molecule has 0 saturated heterocycles. The van der Waals surface area contributed by atoms with Crippen LogP contribution < -0.4 is 0 Å². The number of rotatable bonds is 4. The quantitative estimate of drug-likeness (QED) is 0.418. The second-order valence-electron chi connectivity index (χ2n) is 16.3. The highest BCUT2D eigenvalue weighted by molar-refractivity contribution is 5.09. The third-order valence-electron chi connectivity index (χ3n) is 13.6. The van der Waals surface area contributed by atoms with Crippen molar-refractivity contribution >= 4 is 0 Å². The molecule has 5 aliphatic rings. The van der Waals surface area contributed by atoms with Crippen LogP contribution in [0.4, 0.5) is 0 Å². The van der Waals surface area contributed by atoms with Gasteiger partial charge in [0.2, 0.25) is 0 Å². The first-order valence-electron chi connectivity index (χ1n) is 15.7. The predicted molar refractivity (Wildman–Crippen MR) is 146 cm³/mol. The van der Waals surface area contributed by atoms with E-state index in [2.05, 4.69) is 41.5 Å². The molecule has 0 radical (unpaired) electrons. The maximum atomic E-state index is 11.3. The smallest absolute Gasteiger partial charge is 0.0648 e. The molecule has 202 valence electrons. The van der Waals surface area contributed by atoms with Crippen LogP contribution in [0.25, 0.3) is 0 Å². The fraction of sp³-hybridized carbons (Fsp3) is 1.00. The van der Waals surface area contributed by atoms with Crippen LogP contribution in [-0.4, -0.2) is 21.4 Å². The maximum absolute atomic E-state index is 11.3. The highest BCUT2D eigenvalue weighted by Gasteiger charge is 2.60. The molecule has 5 saturated carbocycles. The van der Waals surface area contributed by atoms with Gasteiger partial charge in [-0.25, -0.2) is 0 Å². The van der Waals surface area contributed by atoms with Gasteiger partial charge in [0.25, 0.3) is 0 Å². The lowest BCUT2D eigenvalue weighted by molar-refractivity contribution is -0.112. The van der Waals surface area contributed by atoms with Crippen LogP contribution in [0, 0.1) is 51.8 Å². The van der Waals surface area contributed by atoms with E-state index in [1.165, 1.54) is 70.6 Å². The minimum absolute atomic E-state index is 0.395. The second kappa shape index (κ2) is 9.00. The third-order valence-corrected chi connectivity index (χ3v) is 13.6. The lowest BCUT2D eigenvalue weighted by Gasteiger charge is -2.57. The van der Waals surface area contributed by atoms with E-state index in [1.807, 2.05) is 0 Å². The van der Waals surface area contributed by atoms with E-state index in [9.17, 15) is 10.2 Å². The normalized spacial score (nSPS) is 49.9. The Morgan fingerprint density at radius 1 is 0.714 bits per heavy atom. The Balaban J connectivity index is 1.26. The average Bonchev–Trinajstić information content (AvgIpc) is 3.07. The summed E-state index contributed by atoms with van der Waals surface area (Å²) in [4.78, 5) is 0. The van der Waals surface area contributed by atoms with Crippen LogP contribution in [-0.2, 0) is 0 Å². The van der Waals surface area contributed by atoms with Crippen molar-refractivity contribution in [2.45, 2.75) is 155 Å². The van der Waals surface area contributed by atoms with E-state index in [1.54, 1.807) is 0 Å². The van der Waals surface area contributed by atoms with Crippen molar-refractivity contribution in [1.82, 2.24) is 0 Å². The lowest BCUT2D eigenvalue weighted by atomic mass is 9.48. The molecule has 0 aliphatic heterocycles. The molecule has 35 heavy (non-hydrogen) atoms. The van der Waals surface area contributed by atoms with Gasteiger partial charge in [0.1, 0.15) is 0 Å². The Morgan fingerprint density at radius 3 is 2.11 bits per heavy atom. The van der Waals surface area contributed by atoms with Crippen LogP contribution in [0.2, 0.25) is 0 Å². The Kier molecular flexibility index (Phi) is 6.82. The van der Waals surface area contributed by atoms with Gasteiger partial charge >= 0.3 is 0 Å². The summed E-state index contributed by atoms with van der Waals surface area (Å²) in [6, 6.07) is 0. The zero-order chi connectivity index (χ0) is 25.3. The standard InChI is InChI=1S/C33H58O2/c1-23(12-15-33(35)20-16-29(2,3)17-21-33)26-10-11-27-25-9-7-8-24-22-30(4,34)18-19-31(24,5)28(25)13-14-32(26,27)6/h23-28,34-35H,7-22H2,1-6H3/t23-,24+,25-,26-,27+,28+,30+,31+,32-/m1/s1. The summed E-state index contributed by atoms with van der Waals surface area (Å²) in [6.45, 7) is 14.7. The molecule has 5 rings (SSSR count). The van der Waals surface area contributed by atoms with Gasteiger partial charge in [-0.2, -0.15) is 0 Å². The van der Waals surface area contributed by atoms with Crippen molar-refractivity contribution in [2.24, 2.45) is 51.8 Å². The zero-order valence-electron chi connectivity index (χ0n) is 24.2. The first-order chi connectivity index (χ1) is 16.3. The minimum atomic E-state index is -0.431. The van der Waals surface area contributed by atoms with Gasteiger partial charge in [0, 0.05) is 0 Å². The van der Waals surface area contributed by atoms with E-state index >= 15 is 0 Å². The molecule has 0 aromatic rings. The molecular formula is C33H58O2. The first kappa shape index (κ1) is 26.5. The summed E-state index contributed by atoms with van der Waals surface area (Å²) in [7, 11) is 0. The largest absolute Gasteiger partial charge is 0.390 e. The van der Waals surface area contributed by atoms with Crippen molar-refractivity contribution in [1.29, 1.82) is 0 Å². The van der Waals surface area contributed by atoms with Gasteiger partial charge in [-0.05, 0) is 155 Å². The molecule has 2 nitrogen and oxygen atoms in total. The second-order valence-corrected chi connectivity index (χ2v) is 16.3. The Bertz CT molecular complexity index is 759. The van der Waals surface area contributed by atoms with Crippen molar-refractivity contribution in [3.8, 4) is 0 Å². The molecule has 9 atom stereocenters. The number of aliphatic hydroxyl groups is 2. The van der Waals surface area contributed by atoms with Gasteiger partial charge in [-0.1, -0.05) is 41.0 Å². The van der Waals surface area contributed by atoms with Crippen LogP contribution >= 0.6 is 0 Å². The SMILES string of the molecule is C[C@H](CCC1(O)CCC(C)(C)CC1)[C@H]1CC[C@H]2[C@H]3CCC[C@H]4C[C@@](C)(O)CC[C@]4(C)[C@H]3CC[C@]12C. The minimum Gasteiger partial charge on any atom is -0.390 e. The fourth-order valence-corrected chi connectivity index (χ4v) is 11.0. The summed E-state index contributed by atoms with van der Waals surface area (Å²) in [5.74, 6) is 5.00. The Morgan fingerprint density at radius 2 is 1.40 bits per heavy atom. The molecule has 2 heteroatoms. The third kappa shape index (κ3) is 4.79. The topological polar surface area (TPSA) is 40.5 Å². The highest BCUT2D eigenvalue weighted by atomic mass is 16.3. The molecule has 5 aliphatic carbocycles. The van der Waals surface area contributed by atoms with E-state index in [4.69, 9.17) is 0 Å². The van der Waals surface area contributed by atoms with E-state index in [-0.39, 0.29) is 0 Å². The fourth-order valence-electron chi connectivity index (χ4n) is 11.0. The first-order valence-corrected chi connectivity index (χ1v) is 15.7. The van der Waals surface area contributed by atoms with Gasteiger partial charge in [-0.15, -0.1) is 0 Å². The molecule has 2 N–H and O–H groups in total. The molecule has 0 bridgehead atoms. The Labute approximate surface area is 217 Å². The van der Waals surface area contributed by atoms with Crippen LogP contribution in [0.5, 0.6) is 0 Å². The van der Waals surface area contributed by atoms with Gasteiger partial charge < -0.3 is 10.2 Å². The molecule has 5 fully saturated rings. The molecule has 0 amide bonds. The summed E-state index contributed by atoms with van der Waals surface area (Å²) >= 11 is 0. The summed E-state index contributed by atoms with van der Waals surface area (Å²) in [6.07, 6.45) is 19.8. The molecule has 0 spiro atoms. The number of fused-ring (bicyclic) bond motifs is 5. The average molecular weight is 487 g/mol. The van der Waals surface area contributed by atoms with Gasteiger partial charge in [0.15, 0.2) is 0 Å². The number of hydrogen-bond donors (Lipinski definition) is 2. The predicted octanol–water partition coefficient (Wildman–Crippen LogP) is 8.53. The molecule has 0 aromatic heterocycles. The number of hydrogen-bond acceptors (Lipinski definition) is 2. The summed E-state index contributed by atoms with van der Waals surface area (Å²) < 4.78 is 0. The van der Waals surface area contributed by atoms with Gasteiger partial charge in [-0.3, -0.25) is 0 Å². The summed E-state index contributed by atoms with van der Waals surface area (Å²) in [5, 5.41) is 22.2. The van der Waals surface area contributed by atoms with Crippen molar-refractivity contribution < 1.29 is 10.2 Å². The Hall–Kier alpha value is -0.0800. The molecule has 0 unspecified atom stereocenters. The zero-order valence-corrected chi connectivity index (χ0v) is 24.2. The van der Waals surface area contributed by atoms with Gasteiger partial charge in [0.05, 0.1) is 11.2 Å². The maximum Gasteiger partial charge on any atom is 0.0648 e. The molecule has 0 heterocycles. The van der Waals surface area contributed by atoms with Crippen molar-refractivity contribution in [3.63, 3.8) is 0 Å². The summed E-state index contributed by atoms with van der Waals surface area (Å²) in [5.41, 5.74) is 0.554. The lowest BCUT2D eigenvalue weighted by Crippen LogP contribution is -2.51. The van der Waals surface area contributed by atoms with E-state index < -0.39 is 11.2 Å². The monoisotopic (exact) mass is 486 g/mol. The molecular weight excluding hydrogens is 428 g/mol. The van der Waals surface area contributed by atoms with E-state index in [0.717, 1.165) is 67.6 Å². The van der Waals surface area contributed by atoms with Crippen molar-refractivity contribution in [2.75, 3.05) is 0 Å².